The molecule has 13 heavy (non-hydrogen) atoms. The zero-order valence-corrected chi connectivity index (χ0v) is 6.93. The summed E-state index contributed by atoms with van der Waals surface area (Å²) in [6, 6.07) is 0. The quantitative estimate of drug-likeness (QED) is 0.539. The van der Waals surface area contributed by atoms with Crippen LogP contribution in [0.15, 0.2) is 0 Å². The van der Waals surface area contributed by atoms with Gasteiger partial charge in [-0.15, -0.1) is 0 Å². The fourth-order valence-corrected chi connectivity index (χ4v) is 2.70. The van der Waals surface area contributed by atoms with Gasteiger partial charge in [-0.2, -0.15) is 0 Å². The first kappa shape index (κ1) is 8.50. The molecule has 4 atom stereocenters. The Bertz CT molecular complexity index is 290. The number of aliphatic carboxylic acids is 2. The van der Waals surface area contributed by atoms with Gasteiger partial charge >= 0.3 is 11.9 Å². The molecule has 4 N–H and O–H groups in total. The van der Waals surface area contributed by atoms with Crippen LogP contribution < -0.4 is 5.73 Å². The van der Waals surface area contributed by atoms with Crippen molar-refractivity contribution in [2.24, 2.45) is 23.5 Å². The van der Waals surface area contributed by atoms with Crippen LogP contribution in [0.5, 0.6) is 0 Å². The zero-order chi connectivity index (χ0) is 9.80. The monoisotopic (exact) mass is 185 g/mol. The van der Waals surface area contributed by atoms with Crippen LogP contribution in [-0.4, -0.2) is 27.7 Å². The highest BCUT2D eigenvalue weighted by Gasteiger charge is 2.66. The molecule has 3 saturated carbocycles. The molecule has 0 aliphatic heterocycles. The second kappa shape index (κ2) is 2.23. The molecular weight excluding hydrogens is 174 g/mol. The van der Waals surface area contributed by atoms with Gasteiger partial charge in [-0.05, 0) is 18.8 Å². The third-order valence-corrected chi connectivity index (χ3v) is 3.44. The topological polar surface area (TPSA) is 101 Å². The van der Waals surface area contributed by atoms with Crippen molar-refractivity contribution in [2.75, 3.05) is 0 Å². The summed E-state index contributed by atoms with van der Waals surface area (Å²) >= 11 is 0. The molecule has 0 aromatic carbocycles. The van der Waals surface area contributed by atoms with E-state index in [1.807, 2.05) is 0 Å². The highest BCUT2D eigenvalue weighted by Crippen LogP contribution is 2.58. The van der Waals surface area contributed by atoms with Gasteiger partial charge in [-0.3, -0.25) is 9.59 Å². The molecule has 72 valence electrons. The smallest absolute Gasteiger partial charge is 0.324 e. The lowest BCUT2D eigenvalue weighted by Crippen LogP contribution is -2.53. The molecule has 0 amide bonds. The molecule has 5 heteroatoms. The molecule has 2 unspecified atom stereocenters. The fraction of sp³-hybridized carbons (Fsp3) is 0.750. The van der Waals surface area contributed by atoms with E-state index in [9.17, 15) is 9.59 Å². The number of carbonyl (C=O) groups is 2. The lowest BCUT2D eigenvalue weighted by atomic mass is 9.69. The average molecular weight is 185 g/mol. The van der Waals surface area contributed by atoms with E-state index >= 15 is 0 Å². The molecule has 3 aliphatic carbocycles. The van der Waals surface area contributed by atoms with Gasteiger partial charge in [0.05, 0.1) is 5.92 Å². The highest BCUT2D eigenvalue weighted by molar-refractivity contribution is 5.84. The van der Waals surface area contributed by atoms with Gasteiger partial charge in [-0.25, -0.2) is 0 Å². The summed E-state index contributed by atoms with van der Waals surface area (Å²) in [5.74, 6) is -2.89. The lowest BCUT2D eigenvalue weighted by molar-refractivity contribution is -0.152. The van der Waals surface area contributed by atoms with Crippen molar-refractivity contribution in [1.82, 2.24) is 0 Å². The number of nitrogens with two attached hydrogens (primary N) is 1. The van der Waals surface area contributed by atoms with Crippen LogP contribution in [0.3, 0.4) is 0 Å². The number of fused-ring (bicyclic) bond motifs is 1. The van der Waals surface area contributed by atoms with Crippen LogP contribution in [0.25, 0.3) is 0 Å². The molecule has 3 fully saturated rings. The maximum Gasteiger partial charge on any atom is 0.324 e. The molecule has 0 saturated heterocycles. The molecule has 2 bridgehead atoms. The second-order valence-electron chi connectivity index (χ2n) is 4.02. The molecule has 3 aliphatic rings. The first-order valence-electron chi connectivity index (χ1n) is 4.22. The third kappa shape index (κ3) is 0.848. The fourth-order valence-electron chi connectivity index (χ4n) is 2.70. The van der Waals surface area contributed by atoms with Gasteiger partial charge in [-0.1, -0.05) is 0 Å². The largest absolute Gasteiger partial charge is 0.481 e. The minimum Gasteiger partial charge on any atom is -0.481 e. The van der Waals surface area contributed by atoms with Crippen LogP contribution in [0.2, 0.25) is 0 Å². The Morgan fingerprint density at radius 1 is 1.38 bits per heavy atom. The first-order chi connectivity index (χ1) is 5.97. The SMILES string of the molecule is N[C@@]1(C(=O)O)CC2CC1[C@H]2C(=O)O. The highest BCUT2D eigenvalue weighted by atomic mass is 16.4. The predicted molar refractivity (Wildman–Crippen MR) is 41.9 cm³/mol. The minimum atomic E-state index is -1.28. The summed E-state index contributed by atoms with van der Waals surface area (Å²) in [7, 11) is 0. The Hall–Kier alpha value is -1.10. The van der Waals surface area contributed by atoms with Crippen LogP contribution in [0.4, 0.5) is 0 Å². The van der Waals surface area contributed by atoms with Crippen molar-refractivity contribution in [2.45, 2.75) is 18.4 Å². The Labute approximate surface area is 74.5 Å². The van der Waals surface area contributed by atoms with Gasteiger partial charge in [0.1, 0.15) is 5.54 Å². The van der Waals surface area contributed by atoms with E-state index in [1.54, 1.807) is 0 Å². The molecular formula is C8H11NO4. The molecule has 0 radical (unpaired) electrons. The average Bonchev–Trinajstić information content (AvgIpc) is 2.38. The Kier molecular flexibility index (Phi) is 1.46. The Balaban J connectivity index is 2.24. The summed E-state index contributed by atoms with van der Waals surface area (Å²) in [5, 5.41) is 17.6. The Morgan fingerprint density at radius 3 is 2.31 bits per heavy atom. The molecule has 0 heterocycles. The van der Waals surface area contributed by atoms with Crippen molar-refractivity contribution < 1.29 is 19.8 Å². The summed E-state index contributed by atoms with van der Waals surface area (Å²) in [4.78, 5) is 21.5. The normalized spacial score (nSPS) is 47.0. The summed E-state index contributed by atoms with van der Waals surface area (Å²) in [6.45, 7) is 0. The lowest BCUT2D eigenvalue weighted by Gasteiger charge is -2.35. The number of rotatable bonds is 2. The van der Waals surface area contributed by atoms with Gasteiger partial charge < -0.3 is 15.9 Å². The maximum atomic E-state index is 10.8. The number of hydrogen-bond acceptors (Lipinski definition) is 3. The molecule has 0 aromatic rings. The van der Waals surface area contributed by atoms with Crippen LogP contribution in [-0.2, 0) is 9.59 Å². The zero-order valence-electron chi connectivity index (χ0n) is 6.93. The molecule has 3 rings (SSSR count). The van der Waals surface area contributed by atoms with E-state index in [1.165, 1.54) is 0 Å². The van der Waals surface area contributed by atoms with Crippen LogP contribution in [0.1, 0.15) is 12.8 Å². The number of carboxylic acid groups (broad SMARTS) is 2. The molecule has 0 aromatic heterocycles. The molecule has 0 spiro atoms. The van der Waals surface area contributed by atoms with Crippen molar-refractivity contribution in [3.63, 3.8) is 0 Å². The van der Waals surface area contributed by atoms with E-state index in [0.717, 1.165) is 0 Å². The second-order valence-corrected chi connectivity index (χ2v) is 4.02. The van der Waals surface area contributed by atoms with Gasteiger partial charge in [0.15, 0.2) is 0 Å². The predicted octanol–water partition coefficient (Wildman–Crippen LogP) is -0.491. The summed E-state index contributed by atoms with van der Waals surface area (Å²) < 4.78 is 0. The van der Waals surface area contributed by atoms with E-state index in [-0.39, 0.29) is 11.8 Å². The van der Waals surface area contributed by atoms with Crippen molar-refractivity contribution in [3.05, 3.63) is 0 Å². The minimum absolute atomic E-state index is 0.0244. The third-order valence-electron chi connectivity index (χ3n) is 3.44. The van der Waals surface area contributed by atoms with Crippen LogP contribution in [0, 0.1) is 17.8 Å². The molecule has 5 nitrogen and oxygen atoms in total. The van der Waals surface area contributed by atoms with Crippen molar-refractivity contribution in [3.8, 4) is 0 Å². The standard InChI is InChI=1S/C8H11NO4/c9-8(7(12)13)2-3-1-4(8)5(3)6(10)11/h3-5H,1-2,9H2,(H,10,11)(H,12,13)/t3?,4?,5-,8-/m0/s1. The first-order valence-corrected chi connectivity index (χ1v) is 4.22. The summed E-state index contributed by atoms with van der Waals surface area (Å²) in [5.41, 5.74) is 4.37. The van der Waals surface area contributed by atoms with Gasteiger partial charge in [0.2, 0.25) is 0 Å². The maximum absolute atomic E-state index is 10.8. The van der Waals surface area contributed by atoms with E-state index in [4.69, 9.17) is 15.9 Å². The van der Waals surface area contributed by atoms with E-state index in [2.05, 4.69) is 0 Å². The van der Waals surface area contributed by atoms with Crippen molar-refractivity contribution in [1.29, 1.82) is 0 Å². The van der Waals surface area contributed by atoms with E-state index < -0.39 is 23.4 Å². The number of hydrogen-bond donors (Lipinski definition) is 3. The van der Waals surface area contributed by atoms with Gasteiger partial charge in [0, 0.05) is 5.92 Å². The summed E-state index contributed by atoms with van der Waals surface area (Å²) in [6.07, 6.45) is 0.962. The Morgan fingerprint density at radius 2 is 2.00 bits per heavy atom. The van der Waals surface area contributed by atoms with E-state index in [0.29, 0.717) is 12.8 Å². The van der Waals surface area contributed by atoms with Crippen molar-refractivity contribution >= 4 is 11.9 Å². The number of carboxylic acids is 2. The van der Waals surface area contributed by atoms with Crippen LogP contribution >= 0.6 is 0 Å². The van der Waals surface area contributed by atoms with Gasteiger partial charge in [0.25, 0.3) is 0 Å².